The van der Waals surface area contributed by atoms with Gasteiger partial charge in [-0.1, -0.05) is 11.6 Å². The van der Waals surface area contributed by atoms with Crippen molar-refractivity contribution in [2.24, 2.45) is 0 Å². The van der Waals surface area contributed by atoms with E-state index in [0.717, 1.165) is 0 Å². The highest BCUT2D eigenvalue weighted by Crippen LogP contribution is 2.30. The van der Waals surface area contributed by atoms with E-state index in [-0.39, 0.29) is 37.3 Å². The highest BCUT2D eigenvalue weighted by atomic mass is 35.5. The molecule has 1 aliphatic heterocycles. The minimum atomic E-state index is -0.275. The summed E-state index contributed by atoms with van der Waals surface area (Å²) in [4.78, 5) is 35.3. The third-order valence-electron chi connectivity index (χ3n) is 3.64. The predicted octanol–water partition coefficient (Wildman–Crippen LogP) is 2.43. The van der Waals surface area contributed by atoms with Gasteiger partial charge in [-0.3, -0.25) is 14.4 Å². The first-order valence-electron chi connectivity index (χ1n) is 7.91. The summed E-state index contributed by atoms with van der Waals surface area (Å²) >= 11 is 5.78. The Morgan fingerprint density at radius 3 is 2.69 bits per heavy atom. The fourth-order valence-electron chi connectivity index (χ4n) is 2.38. The molecule has 0 spiro atoms. The van der Waals surface area contributed by atoms with Crippen LogP contribution in [0.15, 0.2) is 42.5 Å². The number of halogens is 1. The summed E-state index contributed by atoms with van der Waals surface area (Å²) < 4.78 is 5.26. The number of nitrogens with one attached hydrogen (secondary N) is 3. The highest BCUT2D eigenvalue weighted by Gasteiger charge is 2.16. The van der Waals surface area contributed by atoms with E-state index in [9.17, 15) is 14.4 Å². The normalized spacial score (nSPS) is 12.4. The van der Waals surface area contributed by atoms with Gasteiger partial charge < -0.3 is 20.7 Å². The van der Waals surface area contributed by atoms with Crippen LogP contribution in [0, 0.1) is 0 Å². The fourth-order valence-corrected chi connectivity index (χ4v) is 2.50. The Hall–Kier alpha value is -3.06. The first-order valence-corrected chi connectivity index (χ1v) is 8.29. The third kappa shape index (κ3) is 4.52. The van der Waals surface area contributed by atoms with Gasteiger partial charge in [-0.2, -0.15) is 0 Å². The first-order chi connectivity index (χ1) is 12.5. The molecule has 0 unspecified atom stereocenters. The van der Waals surface area contributed by atoms with E-state index in [1.54, 1.807) is 42.5 Å². The van der Waals surface area contributed by atoms with Gasteiger partial charge in [0.1, 0.15) is 5.75 Å². The summed E-state index contributed by atoms with van der Waals surface area (Å²) in [6.07, 6.45) is 0.110. The van der Waals surface area contributed by atoms with Gasteiger partial charge in [-0.05, 0) is 42.5 Å². The number of fused-ring (bicyclic) bond motifs is 1. The second-order valence-electron chi connectivity index (χ2n) is 5.61. The number of rotatable bonds is 5. The maximum Gasteiger partial charge on any atom is 0.262 e. The molecule has 0 bridgehead atoms. The lowest BCUT2D eigenvalue weighted by molar-refractivity contribution is -0.118. The lowest BCUT2D eigenvalue weighted by atomic mass is 10.2. The van der Waals surface area contributed by atoms with Crippen molar-refractivity contribution in [2.75, 3.05) is 23.8 Å². The van der Waals surface area contributed by atoms with Crippen molar-refractivity contribution in [3.05, 3.63) is 53.1 Å². The fraction of sp³-hybridized carbons (Fsp3) is 0.167. The molecule has 0 fully saturated rings. The molecule has 2 aromatic carbocycles. The molecule has 2 aromatic rings. The molecular weight excluding hydrogens is 358 g/mol. The molecule has 3 rings (SSSR count). The first kappa shape index (κ1) is 17.8. The van der Waals surface area contributed by atoms with Gasteiger partial charge >= 0.3 is 0 Å². The molecule has 7 nitrogen and oxygen atoms in total. The van der Waals surface area contributed by atoms with Gasteiger partial charge in [0.05, 0.1) is 5.69 Å². The summed E-state index contributed by atoms with van der Waals surface area (Å²) in [7, 11) is 0. The largest absolute Gasteiger partial charge is 0.482 e. The molecule has 0 aliphatic carbocycles. The average molecular weight is 374 g/mol. The summed E-state index contributed by atoms with van der Waals surface area (Å²) in [5, 5.41) is 8.61. The highest BCUT2D eigenvalue weighted by molar-refractivity contribution is 6.30. The molecule has 0 saturated carbocycles. The van der Waals surface area contributed by atoms with E-state index >= 15 is 0 Å². The Bertz CT molecular complexity index is 852. The van der Waals surface area contributed by atoms with Crippen LogP contribution < -0.4 is 20.7 Å². The Kier molecular flexibility index (Phi) is 5.38. The van der Waals surface area contributed by atoms with Crippen molar-refractivity contribution in [3.8, 4) is 5.75 Å². The summed E-state index contributed by atoms with van der Waals surface area (Å²) in [5.74, 6) is -0.226. The molecule has 0 atom stereocenters. The van der Waals surface area contributed by atoms with Crippen molar-refractivity contribution in [2.45, 2.75) is 6.42 Å². The molecule has 0 aromatic heterocycles. The van der Waals surface area contributed by atoms with E-state index in [0.29, 0.717) is 27.7 Å². The lowest BCUT2D eigenvalue weighted by Gasteiger charge is -2.18. The molecule has 0 saturated heterocycles. The van der Waals surface area contributed by atoms with E-state index in [4.69, 9.17) is 16.3 Å². The molecule has 26 heavy (non-hydrogen) atoms. The molecule has 1 aliphatic rings. The minimum absolute atomic E-state index is 0.0218. The Morgan fingerprint density at radius 1 is 1.15 bits per heavy atom. The number of hydrogen-bond donors (Lipinski definition) is 3. The molecular formula is C18H16ClN3O4. The molecule has 0 radical (unpaired) electrons. The molecule has 134 valence electrons. The molecule has 3 N–H and O–H groups in total. The topological polar surface area (TPSA) is 96.5 Å². The number of amides is 3. The van der Waals surface area contributed by atoms with Crippen LogP contribution in [0.5, 0.6) is 5.75 Å². The molecule has 8 heteroatoms. The van der Waals surface area contributed by atoms with Crippen LogP contribution in [0.25, 0.3) is 0 Å². The van der Waals surface area contributed by atoms with Gasteiger partial charge in [0, 0.05) is 29.2 Å². The van der Waals surface area contributed by atoms with E-state index in [2.05, 4.69) is 16.0 Å². The van der Waals surface area contributed by atoms with Crippen LogP contribution in [0.3, 0.4) is 0 Å². The summed E-state index contributed by atoms with van der Waals surface area (Å²) in [5.41, 5.74) is 1.51. The summed E-state index contributed by atoms with van der Waals surface area (Å²) in [6.45, 7) is 0.171. The molecule has 3 amide bonds. The minimum Gasteiger partial charge on any atom is -0.482 e. The van der Waals surface area contributed by atoms with Crippen molar-refractivity contribution in [1.29, 1.82) is 0 Å². The summed E-state index contributed by atoms with van der Waals surface area (Å²) in [6, 6.07) is 11.5. The molecule has 1 heterocycles. The monoisotopic (exact) mass is 373 g/mol. The number of benzene rings is 2. The zero-order valence-corrected chi connectivity index (χ0v) is 14.4. The van der Waals surface area contributed by atoms with Gasteiger partial charge in [0.15, 0.2) is 6.61 Å². The lowest BCUT2D eigenvalue weighted by Crippen LogP contribution is -2.28. The maximum absolute atomic E-state index is 12.0. The third-order valence-corrected chi connectivity index (χ3v) is 3.89. The van der Waals surface area contributed by atoms with E-state index in [1.165, 1.54) is 0 Å². The van der Waals surface area contributed by atoms with Crippen molar-refractivity contribution >= 4 is 40.7 Å². The van der Waals surface area contributed by atoms with Gasteiger partial charge in [-0.15, -0.1) is 0 Å². The van der Waals surface area contributed by atoms with Crippen LogP contribution in [0.4, 0.5) is 11.4 Å². The van der Waals surface area contributed by atoms with Crippen LogP contribution >= 0.6 is 11.6 Å². The zero-order chi connectivity index (χ0) is 18.5. The standard InChI is InChI=1S/C18H16ClN3O4/c19-12-3-1-11(2-4-12)18(25)20-8-7-16(23)21-13-5-6-15-14(9-13)22-17(24)10-26-15/h1-6,9H,7-8,10H2,(H,20,25)(H,21,23)(H,22,24). The van der Waals surface area contributed by atoms with Gasteiger partial charge in [0.2, 0.25) is 5.91 Å². The second-order valence-corrected chi connectivity index (χ2v) is 6.05. The van der Waals surface area contributed by atoms with Crippen molar-refractivity contribution in [1.82, 2.24) is 5.32 Å². The van der Waals surface area contributed by atoms with Crippen LogP contribution in [0.1, 0.15) is 16.8 Å². The van der Waals surface area contributed by atoms with Crippen LogP contribution in [0.2, 0.25) is 5.02 Å². The second kappa shape index (κ2) is 7.88. The quantitative estimate of drug-likeness (QED) is 0.749. The predicted molar refractivity (Wildman–Crippen MR) is 97.6 cm³/mol. The number of hydrogen-bond acceptors (Lipinski definition) is 4. The smallest absolute Gasteiger partial charge is 0.262 e. The number of anilines is 2. The Labute approximate surface area is 154 Å². The number of ether oxygens (including phenoxy) is 1. The van der Waals surface area contributed by atoms with Crippen molar-refractivity contribution in [3.63, 3.8) is 0 Å². The Morgan fingerprint density at radius 2 is 1.92 bits per heavy atom. The maximum atomic E-state index is 12.0. The van der Waals surface area contributed by atoms with Crippen molar-refractivity contribution < 1.29 is 19.1 Å². The Balaban J connectivity index is 1.48. The SMILES string of the molecule is O=C(CCNC(=O)c1ccc(Cl)cc1)Nc1ccc2c(c1)NC(=O)CO2. The van der Waals surface area contributed by atoms with E-state index < -0.39 is 0 Å². The van der Waals surface area contributed by atoms with Gasteiger partial charge in [-0.25, -0.2) is 0 Å². The zero-order valence-electron chi connectivity index (χ0n) is 13.7. The van der Waals surface area contributed by atoms with Crippen LogP contribution in [-0.4, -0.2) is 30.9 Å². The van der Waals surface area contributed by atoms with E-state index in [1.807, 2.05) is 0 Å². The number of carbonyl (C=O) groups is 3. The van der Waals surface area contributed by atoms with Crippen LogP contribution in [-0.2, 0) is 9.59 Å². The number of carbonyl (C=O) groups excluding carboxylic acids is 3. The average Bonchev–Trinajstić information content (AvgIpc) is 2.61. The van der Waals surface area contributed by atoms with Gasteiger partial charge in [0.25, 0.3) is 11.8 Å².